The van der Waals surface area contributed by atoms with Gasteiger partial charge in [0.1, 0.15) is 15.6 Å². The quantitative estimate of drug-likeness (QED) is 0.730. The van der Waals surface area contributed by atoms with E-state index in [1.54, 1.807) is 5.38 Å². The molecule has 2 aliphatic rings. The Labute approximate surface area is 151 Å². The smallest absolute Gasteiger partial charge is 0.349 e. The van der Waals surface area contributed by atoms with Crippen molar-refractivity contribution >= 4 is 33.1 Å². The number of carbonyl (C=O) groups is 2. The maximum absolute atomic E-state index is 13.2. The first-order valence-electron chi connectivity index (χ1n) is 8.25. The third kappa shape index (κ3) is 3.51. The van der Waals surface area contributed by atoms with Gasteiger partial charge in [0.05, 0.1) is 26.4 Å². The van der Waals surface area contributed by atoms with Gasteiger partial charge in [-0.25, -0.2) is 13.2 Å². The largest absolute Gasteiger partial charge is 0.465 e. The minimum atomic E-state index is -3.92. The highest BCUT2D eigenvalue weighted by Crippen LogP contribution is 2.33. The third-order valence-electron chi connectivity index (χ3n) is 4.77. The molecule has 1 aliphatic carbocycles. The molecule has 25 heavy (non-hydrogen) atoms. The summed E-state index contributed by atoms with van der Waals surface area (Å²) in [5.74, 6) is -0.920. The molecule has 7 nitrogen and oxygen atoms in total. The number of thiophene rings is 1. The van der Waals surface area contributed by atoms with E-state index in [2.05, 4.69) is 4.74 Å². The molecular formula is C16H21NO6S2. The maximum Gasteiger partial charge on any atom is 0.349 e. The molecule has 0 unspecified atom stereocenters. The number of Topliss-reactive ketones (excluding diaryl/α,β-unsaturated/α-hetero) is 1. The van der Waals surface area contributed by atoms with Crippen molar-refractivity contribution in [1.82, 2.24) is 4.31 Å². The second-order valence-electron chi connectivity index (χ2n) is 6.18. The number of sulfonamides is 1. The number of rotatable bonds is 4. The number of nitrogens with zero attached hydrogens (tertiary/aromatic N) is 1. The van der Waals surface area contributed by atoms with Crippen LogP contribution in [-0.2, 0) is 24.3 Å². The van der Waals surface area contributed by atoms with Crippen molar-refractivity contribution in [3.05, 3.63) is 16.3 Å². The van der Waals surface area contributed by atoms with Crippen LogP contribution in [0.5, 0.6) is 0 Å². The second kappa shape index (κ2) is 7.53. The molecule has 3 rings (SSSR count). The average molecular weight is 387 g/mol. The number of methoxy groups -OCH3 is 1. The number of esters is 1. The Morgan fingerprint density at radius 2 is 2.20 bits per heavy atom. The Hall–Kier alpha value is -1.29. The fourth-order valence-electron chi connectivity index (χ4n) is 3.51. The predicted molar refractivity (Wildman–Crippen MR) is 91.1 cm³/mol. The molecular weight excluding hydrogens is 366 g/mol. The van der Waals surface area contributed by atoms with Crippen LogP contribution in [0.2, 0.25) is 0 Å². The number of hydrogen-bond donors (Lipinski definition) is 0. The van der Waals surface area contributed by atoms with E-state index in [9.17, 15) is 18.0 Å². The molecule has 0 N–H and O–H groups in total. The lowest BCUT2D eigenvalue weighted by Gasteiger charge is -2.39. The zero-order valence-corrected chi connectivity index (χ0v) is 15.6. The standard InChI is InChI=1S/C16H21NO6S2/c1-22-16(19)15-14(6-9-24-15)25(20,21)17-7-8-23-10-12(17)11-4-2-3-5-13(11)18/h6,9,11-12H,2-5,7-8,10H2,1H3/t11-,12-/m1/s1. The summed E-state index contributed by atoms with van der Waals surface area (Å²) in [6, 6.07) is 0.901. The number of ketones is 1. The van der Waals surface area contributed by atoms with E-state index in [4.69, 9.17) is 4.74 Å². The van der Waals surface area contributed by atoms with Crippen LogP contribution in [-0.4, -0.2) is 57.4 Å². The van der Waals surface area contributed by atoms with Crippen LogP contribution < -0.4 is 0 Å². The summed E-state index contributed by atoms with van der Waals surface area (Å²) in [5.41, 5.74) is 0. The summed E-state index contributed by atoms with van der Waals surface area (Å²) in [6.45, 7) is 0.648. The molecule has 0 bridgehead atoms. The highest BCUT2D eigenvalue weighted by Gasteiger charge is 2.43. The summed E-state index contributed by atoms with van der Waals surface area (Å²) in [7, 11) is -2.70. The minimum Gasteiger partial charge on any atom is -0.465 e. The summed E-state index contributed by atoms with van der Waals surface area (Å²) < 4.78 is 37.9. The molecule has 2 fully saturated rings. The monoisotopic (exact) mass is 387 g/mol. The summed E-state index contributed by atoms with van der Waals surface area (Å²) in [5, 5.41) is 1.56. The van der Waals surface area contributed by atoms with Crippen LogP contribution in [0.4, 0.5) is 0 Å². The summed E-state index contributed by atoms with van der Waals surface area (Å²) in [4.78, 5) is 24.2. The number of morpholine rings is 1. The SMILES string of the molecule is COC(=O)c1sccc1S(=O)(=O)N1CCOC[C@@H]1[C@H]1CCCCC1=O. The van der Waals surface area contributed by atoms with Gasteiger partial charge in [-0.15, -0.1) is 11.3 Å². The van der Waals surface area contributed by atoms with E-state index in [-0.39, 0.29) is 41.2 Å². The lowest BCUT2D eigenvalue weighted by atomic mass is 9.82. The van der Waals surface area contributed by atoms with Gasteiger partial charge in [0, 0.05) is 18.9 Å². The van der Waals surface area contributed by atoms with Crippen LogP contribution in [0.1, 0.15) is 35.4 Å². The van der Waals surface area contributed by atoms with Crippen LogP contribution in [0.3, 0.4) is 0 Å². The third-order valence-corrected chi connectivity index (χ3v) is 7.76. The van der Waals surface area contributed by atoms with Crippen LogP contribution >= 0.6 is 11.3 Å². The van der Waals surface area contributed by atoms with Gasteiger partial charge >= 0.3 is 5.97 Å². The number of hydrogen-bond acceptors (Lipinski definition) is 7. The topological polar surface area (TPSA) is 90.0 Å². The maximum atomic E-state index is 13.2. The zero-order chi connectivity index (χ0) is 18.0. The molecule has 1 saturated carbocycles. The number of carbonyl (C=O) groups excluding carboxylic acids is 2. The second-order valence-corrected chi connectivity index (χ2v) is 8.96. The molecule has 0 amide bonds. The molecule has 0 spiro atoms. The molecule has 138 valence electrons. The van der Waals surface area contributed by atoms with Crippen molar-refractivity contribution in [2.45, 2.75) is 36.6 Å². The van der Waals surface area contributed by atoms with Crippen molar-refractivity contribution in [2.75, 3.05) is 26.9 Å². The van der Waals surface area contributed by atoms with Gasteiger partial charge in [0.15, 0.2) is 0 Å². The van der Waals surface area contributed by atoms with Crippen molar-refractivity contribution in [1.29, 1.82) is 0 Å². The van der Waals surface area contributed by atoms with Gasteiger partial charge in [-0.05, 0) is 24.3 Å². The van der Waals surface area contributed by atoms with Gasteiger partial charge in [0.25, 0.3) is 0 Å². The predicted octanol–water partition coefficient (Wildman–Crippen LogP) is 1.68. The molecule has 2 atom stereocenters. The fourth-order valence-corrected chi connectivity index (χ4v) is 6.45. The summed E-state index contributed by atoms with van der Waals surface area (Å²) >= 11 is 1.03. The average Bonchev–Trinajstić information content (AvgIpc) is 3.12. The highest BCUT2D eigenvalue weighted by molar-refractivity contribution is 7.89. The van der Waals surface area contributed by atoms with E-state index in [0.717, 1.165) is 24.2 Å². The fraction of sp³-hybridized carbons (Fsp3) is 0.625. The van der Waals surface area contributed by atoms with Gasteiger partial charge in [-0.2, -0.15) is 4.31 Å². The van der Waals surface area contributed by atoms with Gasteiger partial charge in [-0.1, -0.05) is 6.42 Å². The molecule has 1 aromatic rings. The molecule has 2 heterocycles. The van der Waals surface area contributed by atoms with Crippen LogP contribution in [0, 0.1) is 5.92 Å². The Bertz CT molecular complexity index is 756. The van der Waals surface area contributed by atoms with Gasteiger partial charge in [-0.3, -0.25) is 4.79 Å². The first-order valence-corrected chi connectivity index (χ1v) is 10.6. The Kier molecular flexibility index (Phi) is 5.57. The zero-order valence-electron chi connectivity index (χ0n) is 14.0. The van der Waals surface area contributed by atoms with E-state index in [1.807, 2.05) is 0 Å². The van der Waals surface area contributed by atoms with Crippen molar-refractivity contribution in [3.8, 4) is 0 Å². The molecule has 1 aromatic heterocycles. The molecule has 0 radical (unpaired) electrons. The lowest BCUT2D eigenvalue weighted by molar-refractivity contribution is -0.128. The van der Waals surface area contributed by atoms with Crippen LogP contribution in [0.15, 0.2) is 16.3 Å². The van der Waals surface area contributed by atoms with Crippen molar-refractivity contribution < 1.29 is 27.5 Å². The highest BCUT2D eigenvalue weighted by atomic mass is 32.2. The Balaban J connectivity index is 1.95. The molecule has 1 saturated heterocycles. The van der Waals surface area contributed by atoms with E-state index < -0.39 is 22.0 Å². The van der Waals surface area contributed by atoms with E-state index in [0.29, 0.717) is 12.8 Å². The Morgan fingerprint density at radius 3 is 2.92 bits per heavy atom. The van der Waals surface area contributed by atoms with Crippen molar-refractivity contribution in [3.63, 3.8) is 0 Å². The Morgan fingerprint density at radius 1 is 1.40 bits per heavy atom. The normalized spacial score (nSPS) is 25.7. The molecule has 0 aromatic carbocycles. The van der Waals surface area contributed by atoms with Gasteiger partial charge < -0.3 is 9.47 Å². The minimum absolute atomic E-state index is 0.0560. The number of ether oxygens (including phenoxy) is 2. The first-order chi connectivity index (χ1) is 12.0. The van der Waals surface area contributed by atoms with Crippen molar-refractivity contribution in [2.24, 2.45) is 5.92 Å². The lowest BCUT2D eigenvalue weighted by Crippen LogP contribution is -2.54. The first kappa shape index (κ1) is 18.5. The summed E-state index contributed by atoms with van der Waals surface area (Å²) in [6.07, 6.45) is 2.92. The molecule has 1 aliphatic heterocycles. The van der Waals surface area contributed by atoms with Gasteiger partial charge in [0.2, 0.25) is 10.0 Å². The van der Waals surface area contributed by atoms with Crippen LogP contribution in [0.25, 0.3) is 0 Å². The van der Waals surface area contributed by atoms with E-state index >= 15 is 0 Å². The molecule has 9 heteroatoms. The van der Waals surface area contributed by atoms with E-state index in [1.165, 1.54) is 17.5 Å².